The van der Waals surface area contributed by atoms with Crippen LogP contribution in [0.3, 0.4) is 0 Å². The molecule has 5 N–H and O–H groups in total. The van der Waals surface area contributed by atoms with E-state index < -0.39 is 37.0 Å². The summed E-state index contributed by atoms with van der Waals surface area (Å²) in [5.41, 5.74) is 2.84. The first-order chi connectivity index (χ1) is 18.9. The van der Waals surface area contributed by atoms with Crippen molar-refractivity contribution in [2.75, 3.05) is 11.9 Å². The average molecular weight is 569 g/mol. The molecule has 0 bridgehead atoms. The molecule has 1 fully saturated rings. The van der Waals surface area contributed by atoms with Crippen LogP contribution in [0.4, 0.5) is 5.82 Å². The van der Waals surface area contributed by atoms with Crippen LogP contribution < -0.4 is 10.6 Å². The first-order valence-electron chi connectivity index (χ1n) is 12.0. The number of hydrogen-bond acceptors (Lipinski definition) is 9. The molecule has 0 spiro atoms. The van der Waals surface area contributed by atoms with E-state index in [4.69, 9.17) is 27.9 Å². The number of halogens is 2. The molecule has 0 unspecified atom stereocenters. The lowest BCUT2D eigenvalue weighted by Gasteiger charge is -2.23. The van der Waals surface area contributed by atoms with Gasteiger partial charge in [-0.1, -0.05) is 35.3 Å². The van der Waals surface area contributed by atoms with E-state index >= 15 is 0 Å². The van der Waals surface area contributed by atoms with Crippen molar-refractivity contribution in [2.45, 2.75) is 31.0 Å². The molecule has 200 valence electrons. The SMILES string of the molecule is O=C(N[C@@H]1[C@H](O)[C@@H](CO)O[C@H]1n1cnc2c(NCc3nc4ccccc4[nH]3)ncnc21)c1cc(Cl)cc(Cl)c1. The van der Waals surface area contributed by atoms with Crippen LogP contribution in [0.5, 0.6) is 0 Å². The van der Waals surface area contributed by atoms with E-state index in [2.05, 4.69) is 35.6 Å². The molecule has 5 aromatic rings. The van der Waals surface area contributed by atoms with Gasteiger partial charge in [-0.15, -0.1) is 0 Å². The smallest absolute Gasteiger partial charge is 0.251 e. The topological polar surface area (TPSA) is 163 Å². The van der Waals surface area contributed by atoms with E-state index in [9.17, 15) is 15.0 Å². The number of aromatic amines is 1. The Balaban J connectivity index is 1.27. The Kier molecular flexibility index (Phi) is 6.79. The standard InChI is InChI=1S/C25H22Cl2N8O4/c26-13-5-12(6-14(27)7-13)24(38)34-19-21(37)17(9-36)39-25(19)35-11-31-20-22(29-10-30-23(20)35)28-8-18-32-15-3-1-2-4-16(15)33-18/h1-7,10-11,17,19,21,25,36-37H,8-9H2,(H,32,33)(H,34,38)(H,28,29,30)/t17-,19-,21-,25-/m1/s1. The summed E-state index contributed by atoms with van der Waals surface area (Å²) < 4.78 is 7.52. The van der Waals surface area contributed by atoms with Crippen LogP contribution in [0.2, 0.25) is 10.0 Å². The third kappa shape index (κ3) is 4.88. The zero-order chi connectivity index (χ0) is 27.1. The number of hydrogen-bond donors (Lipinski definition) is 5. The summed E-state index contributed by atoms with van der Waals surface area (Å²) in [6.45, 7) is -0.0985. The zero-order valence-corrected chi connectivity index (χ0v) is 21.6. The number of H-pyrrole nitrogens is 1. The summed E-state index contributed by atoms with van der Waals surface area (Å²) in [6, 6.07) is 11.2. The van der Waals surface area contributed by atoms with Crippen molar-refractivity contribution in [1.29, 1.82) is 0 Å². The van der Waals surface area contributed by atoms with Crippen LogP contribution in [-0.2, 0) is 11.3 Å². The average Bonchev–Trinajstić information content (AvgIpc) is 3.62. The van der Waals surface area contributed by atoms with Crippen molar-refractivity contribution < 1.29 is 19.7 Å². The molecule has 39 heavy (non-hydrogen) atoms. The predicted octanol–water partition coefficient (Wildman–Crippen LogP) is 2.67. The fourth-order valence-electron chi connectivity index (χ4n) is 4.63. The van der Waals surface area contributed by atoms with E-state index in [-0.39, 0.29) is 5.56 Å². The van der Waals surface area contributed by atoms with Gasteiger partial charge in [0.25, 0.3) is 5.91 Å². The number of aliphatic hydroxyl groups is 2. The molecule has 1 amide bonds. The second-order valence-electron chi connectivity index (χ2n) is 9.00. The number of nitrogens with one attached hydrogen (secondary N) is 3. The summed E-state index contributed by atoms with van der Waals surface area (Å²) in [7, 11) is 0. The van der Waals surface area contributed by atoms with Gasteiger partial charge in [0.15, 0.2) is 23.2 Å². The number of imidazole rings is 2. The van der Waals surface area contributed by atoms with Gasteiger partial charge in [-0.05, 0) is 30.3 Å². The lowest BCUT2D eigenvalue weighted by atomic mass is 10.1. The number of para-hydroxylation sites is 2. The van der Waals surface area contributed by atoms with Crippen LogP contribution in [-0.4, -0.2) is 70.5 Å². The van der Waals surface area contributed by atoms with E-state index in [0.29, 0.717) is 33.6 Å². The molecule has 4 atom stereocenters. The molecule has 14 heteroatoms. The molecule has 0 radical (unpaired) electrons. The fourth-order valence-corrected chi connectivity index (χ4v) is 5.16. The van der Waals surface area contributed by atoms with Crippen LogP contribution in [0.1, 0.15) is 22.4 Å². The Morgan fingerprint density at radius 2 is 1.92 bits per heavy atom. The number of rotatable bonds is 7. The van der Waals surface area contributed by atoms with Crippen molar-refractivity contribution in [3.63, 3.8) is 0 Å². The number of nitrogens with zero attached hydrogens (tertiary/aromatic N) is 5. The van der Waals surface area contributed by atoms with Crippen molar-refractivity contribution in [2.24, 2.45) is 0 Å². The van der Waals surface area contributed by atoms with E-state index in [1.165, 1.54) is 30.9 Å². The number of carbonyl (C=O) groups excluding carboxylic acids is 1. The maximum atomic E-state index is 13.0. The highest BCUT2D eigenvalue weighted by Gasteiger charge is 2.46. The number of benzene rings is 2. The lowest BCUT2D eigenvalue weighted by Crippen LogP contribution is -2.46. The first-order valence-corrected chi connectivity index (χ1v) is 12.7. The van der Waals surface area contributed by atoms with Crippen molar-refractivity contribution >= 4 is 57.1 Å². The minimum Gasteiger partial charge on any atom is -0.394 e. The van der Waals surface area contributed by atoms with Gasteiger partial charge in [-0.3, -0.25) is 9.36 Å². The minimum absolute atomic E-state index is 0.209. The summed E-state index contributed by atoms with van der Waals surface area (Å²) in [5.74, 6) is 0.660. The van der Waals surface area contributed by atoms with Crippen molar-refractivity contribution in [3.8, 4) is 0 Å². The zero-order valence-electron chi connectivity index (χ0n) is 20.1. The van der Waals surface area contributed by atoms with E-state index in [0.717, 1.165) is 16.9 Å². The van der Waals surface area contributed by atoms with Gasteiger partial charge in [-0.25, -0.2) is 19.9 Å². The predicted molar refractivity (Wildman–Crippen MR) is 143 cm³/mol. The van der Waals surface area contributed by atoms with Gasteiger partial charge in [0.05, 0.1) is 30.5 Å². The monoisotopic (exact) mass is 568 g/mol. The summed E-state index contributed by atoms with van der Waals surface area (Å²) in [4.78, 5) is 34.0. The third-order valence-corrected chi connectivity index (χ3v) is 6.90. The van der Waals surface area contributed by atoms with E-state index in [1.807, 2.05) is 24.3 Å². The molecular weight excluding hydrogens is 547 g/mol. The largest absolute Gasteiger partial charge is 0.394 e. The first kappa shape index (κ1) is 25.5. The Labute approximate surface area is 231 Å². The normalized spacial score (nSPS) is 21.0. The fraction of sp³-hybridized carbons (Fsp3) is 0.240. The molecule has 3 aromatic heterocycles. The van der Waals surface area contributed by atoms with Gasteiger partial charge in [0.1, 0.15) is 30.4 Å². The Hall–Kier alpha value is -3.81. The van der Waals surface area contributed by atoms with Crippen LogP contribution >= 0.6 is 23.2 Å². The maximum Gasteiger partial charge on any atom is 0.251 e. The lowest BCUT2D eigenvalue weighted by molar-refractivity contribution is -0.0440. The minimum atomic E-state index is -1.22. The number of aliphatic hydroxyl groups excluding tert-OH is 2. The van der Waals surface area contributed by atoms with Gasteiger partial charge < -0.3 is 30.6 Å². The molecule has 1 aliphatic heterocycles. The number of fused-ring (bicyclic) bond motifs is 2. The van der Waals surface area contributed by atoms with Crippen LogP contribution in [0, 0.1) is 0 Å². The molecule has 6 rings (SSSR count). The second-order valence-corrected chi connectivity index (χ2v) is 9.87. The highest BCUT2D eigenvalue weighted by Crippen LogP contribution is 2.33. The van der Waals surface area contributed by atoms with Gasteiger partial charge in [-0.2, -0.15) is 0 Å². The molecule has 0 aliphatic carbocycles. The van der Waals surface area contributed by atoms with E-state index in [1.54, 1.807) is 4.57 Å². The number of carbonyl (C=O) groups is 1. The van der Waals surface area contributed by atoms with Crippen LogP contribution in [0.25, 0.3) is 22.2 Å². The second kappa shape index (κ2) is 10.4. The summed E-state index contributed by atoms with van der Waals surface area (Å²) >= 11 is 12.1. The molecule has 2 aromatic carbocycles. The maximum absolute atomic E-state index is 13.0. The third-order valence-electron chi connectivity index (χ3n) is 6.47. The molecule has 12 nitrogen and oxygen atoms in total. The number of aromatic nitrogens is 6. The van der Waals surface area contributed by atoms with Gasteiger partial charge >= 0.3 is 0 Å². The quantitative estimate of drug-likeness (QED) is 0.198. The van der Waals surface area contributed by atoms with Crippen molar-refractivity contribution in [3.05, 3.63) is 76.6 Å². The number of anilines is 1. The molecule has 0 saturated carbocycles. The molecule has 4 heterocycles. The Morgan fingerprint density at radius 3 is 2.69 bits per heavy atom. The Bertz CT molecular complexity index is 1620. The van der Waals surface area contributed by atoms with Crippen molar-refractivity contribution in [1.82, 2.24) is 34.8 Å². The number of ether oxygens (including phenoxy) is 1. The van der Waals surface area contributed by atoms with Crippen LogP contribution in [0.15, 0.2) is 55.1 Å². The summed E-state index contributed by atoms with van der Waals surface area (Å²) in [6.07, 6.45) is -0.244. The molecule has 1 saturated heterocycles. The highest BCUT2D eigenvalue weighted by molar-refractivity contribution is 6.35. The number of amides is 1. The Morgan fingerprint density at radius 1 is 1.13 bits per heavy atom. The van der Waals surface area contributed by atoms with Gasteiger partial charge in [0, 0.05) is 15.6 Å². The molecule has 1 aliphatic rings. The summed E-state index contributed by atoms with van der Waals surface area (Å²) in [5, 5.41) is 27.2. The highest BCUT2D eigenvalue weighted by atomic mass is 35.5. The van der Waals surface area contributed by atoms with Gasteiger partial charge in [0.2, 0.25) is 0 Å². The molecular formula is C25H22Cl2N8O4.